The van der Waals surface area contributed by atoms with Crippen LogP contribution in [0.3, 0.4) is 0 Å². The maximum absolute atomic E-state index is 12.4. The molecule has 0 atom stereocenters. The fourth-order valence-electron chi connectivity index (χ4n) is 2.55. The normalized spacial score (nSPS) is 16.8. The Morgan fingerprint density at radius 3 is 2.25 bits per heavy atom. The van der Waals surface area contributed by atoms with Gasteiger partial charge in [0.2, 0.25) is 10.0 Å². The maximum Gasteiger partial charge on any atom is 0.241 e. The van der Waals surface area contributed by atoms with Crippen LogP contribution in [-0.2, 0) is 19.5 Å². The van der Waals surface area contributed by atoms with Crippen molar-refractivity contribution < 1.29 is 17.9 Å². The van der Waals surface area contributed by atoms with Crippen LogP contribution in [0.5, 0.6) is 0 Å². The summed E-state index contributed by atoms with van der Waals surface area (Å²) in [5.74, 6) is 0. The molecule has 0 spiro atoms. The molecule has 1 heterocycles. The Kier molecular flexibility index (Phi) is 4.80. The highest BCUT2D eigenvalue weighted by Crippen LogP contribution is 2.21. The minimum Gasteiger partial charge on any atom is -0.350 e. The first-order valence-electron chi connectivity index (χ1n) is 6.71. The molecule has 5 nitrogen and oxygen atoms in total. The number of hydrogen-bond acceptors (Lipinski definition) is 4. The Bertz CT molecular complexity index is 554. The Morgan fingerprint density at radius 2 is 1.70 bits per heavy atom. The topological polar surface area (TPSA) is 64.6 Å². The van der Waals surface area contributed by atoms with E-state index in [4.69, 9.17) is 9.47 Å². The van der Waals surface area contributed by atoms with Gasteiger partial charge in [0, 0.05) is 13.0 Å². The lowest BCUT2D eigenvalue weighted by atomic mass is 10.1. The summed E-state index contributed by atoms with van der Waals surface area (Å²) in [6.07, 6.45) is 0.223. The number of ether oxygens (including phenoxy) is 2. The Morgan fingerprint density at radius 1 is 1.15 bits per heavy atom. The molecule has 0 radical (unpaired) electrons. The summed E-state index contributed by atoms with van der Waals surface area (Å²) in [5, 5.41) is 0. The van der Waals surface area contributed by atoms with Crippen LogP contribution >= 0.6 is 0 Å². The summed E-state index contributed by atoms with van der Waals surface area (Å²) in [5.41, 5.74) is 2.60. The third-order valence-corrected chi connectivity index (χ3v) is 5.00. The molecule has 0 aromatic heterocycles. The van der Waals surface area contributed by atoms with E-state index in [1.165, 1.54) is 0 Å². The molecule has 1 N–H and O–H groups in total. The second-order valence-electron chi connectivity index (χ2n) is 5.09. The Balaban J connectivity index is 2.06. The van der Waals surface area contributed by atoms with Gasteiger partial charge in [-0.2, -0.15) is 0 Å². The first-order chi connectivity index (χ1) is 9.40. The van der Waals surface area contributed by atoms with Crippen molar-refractivity contribution >= 4 is 10.0 Å². The van der Waals surface area contributed by atoms with Crippen LogP contribution in [0.4, 0.5) is 0 Å². The lowest BCUT2D eigenvalue weighted by Gasteiger charge is -2.14. The quantitative estimate of drug-likeness (QED) is 0.898. The fraction of sp³-hybridized carbons (Fsp3) is 0.571. The number of sulfonamides is 1. The second-order valence-corrected chi connectivity index (χ2v) is 6.79. The Labute approximate surface area is 120 Å². The highest BCUT2D eigenvalue weighted by molar-refractivity contribution is 7.89. The monoisotopic (exact) mass is 299 g/mol. The highest BCUT2D eigenvalue weighted by atomic mass is 32.2. The van der Waals surface area contributed by atoms with Gasteiger partial charge in [-0.05, 0) is 31.9 Å². The second kappa shape index (κ2) is 6.22. The number of rotatable bonds is 5. The summed E-state index contributed by atoms with van der Waals surface area (Å²) in [7, 11) is -3.49. The summed E-state index contributed by atoms with van der Waals surface area (Å²) < 4.78 is 37.9. The van der Waals surface area contributed by atoms with Gasteiger partial charge in [-0.25, -0.2) is 13.1 Å². The van der Waals surface area contributed by atoms with Crippen molar-refractivity contribution in [2.75, 3.05) is 19.8 Å². The minimum atomic E-state index is -3.49. The average Bonchev–Trinajstić information content (AvgIpc) is 2.79. The van der Waals surface area contributed by atoms with Gasteiger partial charge in [0.25, 0.3) is 0 Å². The van der Waals surface area contributed by atoms with Gasteiger partial charge in [-0.3, -0.25) is 0 Å². The molecule has 1 aliphatic heterocycles. The van der Waals surface area contributed by atoms with Crippen molar-refractivity contribution in [1.29, 1.82) is 0 Å². The SMILES string of the molecule is Cc1cc(C)c(S(=O)(=O)NCCC2OCCO2)c(C)c1. The summed E-state index contributed by atoms with van der Waals surface area (Å²) >= 11 is 0. The lowest BCUT2D eigenvalue weighted by Crippen LogP contribution is -2.28. The molecule has 1 aromatic carbocycles. The van der Waals surface area contributed by atoms with E-state index in [-0.39, 0.29) is 6.29 Å². The van der Waals surface area contributed by atoms with Crippen LogP contribution in [0, 0.1) is 20.8 Å². The largest absolute Gasteiger partial charge is 0.350 e. The zero-order valence-electron chi connectivity index (χ0n) is 12.1. The van der Waals surface area contributed by atoms with Crippen LogP contribution in [-0.4, -0.2) is 34.5 Å². The van der Waals surface area contributed by atoms with Crippen molar-refractivity contribution in [3.05, 3.63) is 28.8 Å². The van der Waals surface area contributed by atoms with Gasteiger partial charge in [-0.15, -0.1) is 0 Å². The predicted molar refractivity (Wildman–Crippen MR) is 76.2 cm³/mol. The van der Waals surface area contributed by atoms with Gasteiger partial charge < -0.3 is 9.47 Å². The van der Waals surface area contributed by atoms with Gasteiger partial charge in [0.15, 0.2) is 6.29 Å². The van der Waals surface area contributed by atoms with Crippen LogP contribution in [0.15, 0.2) is 17.0 Å². The molecular weight excluding hydrogens is 278 g/mol. The minimum absolute atomic E-state index is 0.294. The highest BCUT2D eigenvalue weighted by Gasteiger charge is 2.21. The van der Waals surface area contributed by atoms with Crippen LogP contribution in [0.1, 0.15) is 23.1 Å². The third-order valence-electron chi connectivity index (χ3n) is 3.24. The predicted octanol–water partition coefficient (Wildman–Crippen LogP) is 1.65. The number of nitrogens with one attached hydrogen (secondary N) is 1. The summed E-state index contributed by atoms with van der Waals surface area (Å²) in [4.78, 5) is 0.372. The molecule has 0 amide bonds. The van der Waals surface area contributed by atoms with Crippen molar-refractivity contribution in [3.8, 4) is 0 Å². The van der Waals surface area contributed by atoms with Crippen LogP contribution < -0.4 is 4.72 Å². The number of aryl methyl sites for hydroxylation is 3. The van der Waals surface area contributed by atoms with Gasteiger partial charge in [-0.1, -0.05) is 17.7 Å². The van der Waals surface area contributed by atoms with E-state index in [0.29, 0.717) is 31.1 Å². The van der Waals surface area contributed by atoms with Crippen molar-refractivity contribution in [2.45, 2.75) is 38.4 Å². The van der Waals surface area contributed by atoms with Gasteiger partial charge in [0.1, 0.15) is 0 Å². The molecule has 6 heteroatoms. The standard InChI is InChI=1S/C14H21NO4S/c1-10-8-11(2)14(12(3)9-10)20(16,17)15-5-4-13-18-6-7-19-13/h8-9,13,15H,4-7H2,1-3H3. The molecule has 0 bridgehead atoms. The van der Waals surface area contributed by atoms with E-state index < -0.39 is 10.0 Å². The number of benzene rings is 1. The summed E-state index contributed by atoms with van der Waals surface area (Å²) in [6.45, 7) is 7.05. The van der Waals surface area contributed by atoms with E-state index in [2.05, 4.69) is 4.72 Å². The first kappa shape index (κ1) is 15.4. The molecule has 1 saturated heterocycles. The molecular formula is C14H21NO4S. The average molecular weight is 299 g/mol. The van der Waals surface area contributed by atoms with E-state index >= 15 is 0 Å². The van der Waals surface area contributed by atoms with Crippen molar-refractivity contribution in [3.63, 3.8) is 0 Å². The first-order valence-corrected chi connectivity index (χ1v) is 8.19. The van der Waals surface area contributed by atoms with E-state index in [1.54, 1.807) is 0 Å². The molecule has 1 fully saturated rings. The van der Waals surface area contributed by atoms with E-state index in [1.807, 2.05) is 32.9 Å². The summed E-state index contributed by atoms with van der Waals surface area (Å²) in [6, 6.07) is 3.76. The zero-order valence-corrected chi connectivity index (χ0v) is 12.9. The Hall–Kier alpha value is -0.950. The van der Waals surface area contributed by atoms with Gasteiger partial charge in [0.05, 0.1) is 18.1 Å². The zero-order chi connectivity index (χ0) is 14.8. The van der Waals surface area contributed by atoms with Crippen molar-refractivity contribution in [2.24, 2.45) is 0 Å². The van der Waals surface area contributed by atoms with Crippen molar-refractivity contribution in [1.82, 2.24) is 4.72 Å². The molecule has 0 unspecified atom stereocenters. The van der Waals surface area contributed by atoms with Crippen LogP contribution in [0.2, 0.25) is 0 Å². The molecule has 1 aromatic rings. The van der Waals surface area contributed by atoms with E-state index in [0.717, 1.165) is 16.7 Å². The van der Waals surface area contributed by atoms with Gasteiger partial charge >= 0.3 is 0 Å². The smallest absolute Gasteiger partial charge is 0.241 e. The molecule has 0 aliphatic carbocycles. The fourth-order valence-corrected chi connectivity index (χ4v) is 4.04. The third kappa shape index (κ3) is 3.58. The van der Waals surface area contributed by atoms with Crippen LogP contribution in [0.25, 0.3) is 0 Å². The van der Waals surface area contributed by atoms with E-state index in [9.17, 15) is 8.42 Å². The molecule has 0 saturated carbocycles. The number of hydrogen-bond donors (Lipinski definition) is 1. The molecule has 2 rings (SSSR count). The molecule has 20 heavy (non-hydrogen) atoms. The lowest BCUT2D eigenvalue weighted by molar-refractivity contribution is -0.0451. The maximum atomic E-state index is 12.4. The molecule has 1 aliphatic rings. The molecule has 112 valence electrons.